The van der Waals surface area contributed by atoms with Crippen LogP contribution in [-0.2, 0) is 31.1 Å². The molecule has 1 aliphatic carbocycles. The fourth-order valence-corrected chi connectivity index (χ4v) is 10.4. The van der Waals surface area contributed by atoms with Gasteiger partial charge in [-0.25, -0.2) is 0 Å². The Balaban J connectivity index is 0.772. The van der Waals surface area contributed by atoms with E-state index in [1.54, 1.807) is 0 Å². The predicted octanol–water partition coefficient (Wildman–Crippen LogP) is 15.4. The normalized spacial score (nSPS) is 14.7. The van der Waals surface area contributed by atoms with Crippen molar-refractivity contribution >= 4 is 47.1 Å². The lowest BCUT2D eigenvalue weighted by molar-refractivity contribution is 0.660. The maximum absolute atomic E-state index is 2.39. The number of hydrogen-bond acceptors (Lipinski definition) is 2. The van der Waals surface area contributed by atoms with Gasteiger partial charge in [0.15, 0.2) is 0 Å². The number of rotatable bonds is 6. The number of hydrogen-bond donors (Lipinski definition) is 0. The second kappa shape index (κ2) is 15.6. The van der Waals surface area contributed by atoms with Crippen LogP contribution >= 0.6 is 0 Å². The highest BCUT2D eigenvalue weighted by molar-refractivity contribution is 5.86. The van der Waals surface area contributed by atoms with Crippen molar-refractivity contribution in [2.45, 2.75) is 44.9 Å². The topological polar surface area (TPSA) is 6.48 Å². The van der Waals surface area contributed by atoms with Crippen LogP contribution in [0.2, 0.25) is 0 Å². The Labute approximate surface area is 373 Å². The summed E-state index contributed by atoms with van der Waals surface area (Å²) in [5, 5.41) is 0. The molecule has 8 aromatic carbocycles. The second-order valence-electron chi connectivity index (χ2n) is 18.2. The van der Waals surface area contributed by atoms with Crippen LogP contribution in [0.1, 0.15) is 69.5 Å². The van der Waals surface area contributed by atoms with Gasteiger partial charge >= 0.3 is 0 Å². The Morgan fingerprint density at radius 1 is 0.349 bits per heavy atom. The van der Waals surface area contributed by atoms with Crippen molar-refractivity contribution in [3.8, 4) is 33.4 Å². The van der Waals surface area contributed by atoms with Gasteiger partial charge in [-0.2, -0.15) is 0 Å². The molecule has 11 rings (SSSR count). The van der Waals surface area contributed by atoms with Crippen LogP contribution in [-0.4, -0.2) is 14.1 Å². The molecule has 0 unspecified atom stereocenters. The van der Waals surface area contributed by atoms with E-state index in [1.807, 2.05) is 0 Å². The molecule has 0 bridgehead atoms. The van der Waals surface area contributed by atoms with Crippen molar-refractivity contribution in [3.05, 3.63) is 225 Å². The molecule has 0 spiro atoms. The quantitative estimate of drug-likeness (QED) is 0.154. The third-order valence-electron chi connectivity index (χ3n) is 14.1. The highest BCUT2D eigenvalue weighted by Crippen LogP contribution is 2.49. The first-order chi connectivity index (χ1) is 30.8. The summed E-state index contributed by atoms with van der Waals surface area (Å²) in [6.07, 6.45) is 13.3. The van der Waals surface area contributed by atoms with E-state index in [0.717, 1.165) is 25.7 Å². The molecule has 0 N–H and O–H groups in total. The molecule has 8 aromatic rings. The van der Waals surface area contributed by atoms with Crippen LogP contribution in [0.25, 0.3) is 57.7 Å². The number of para-hydroxylation sites is 2. The van der Waals surface area contributed by atoms with E-state index in [-0.39, 0.29) is 5.41 Å². The largest absolute Gasteiger partial charge is 0.344 e. The number of benzene rings is 8. The molecule has 2 heterocycles. The first-order valence-corrected chi connectivity index (χ1v) is 22.5. The van der Waals surface area contributed by atoms with Gasteiger partial charge in [-0.1, -0.05) is 184 Å². The van der Waals surface area contributed by atoms with Crippen LogP contribution < -0.4 is 9.80 Å². The molecule has 63 heavy (non-hydrogen) atoms. The van der Waals surface area contributed by atoms with E-state index in [4.69, 9.17) is 0 Å². The first-order valence-electron chi connectivity index (χ1n) is 22.5. The average Bonchev–Trinajstić information content (AvgIpc) is 3.40. The van der Waals surface area contributed by atoms with Gasteiger partial charge < -0.3 is 9.80 Å². The Kier molecular flexibility index (Phi) is 9.61. The number of nitrogens with zero attached hydrogens (tertiary/aromatic N) is 2. The summed E-state index contributed by atoms with van der Waals surface area (Å²) < 4.78 is 0. The van der Waals surface area contributed by atoms with Gasteiger partial charge in [-0.15, -0.1) is 0 Å². The molecular formula is C61H52N2. The second-order valence-corrected chi connectivity index (χ2v) is 18.2. The number of fused-ring (bicyclic) bond motifs is 7. The Bertz CT molecular complexity index is 2900. The first kappa shape index (κ1) is 38.7. The van der Waals surface area contributed by atoms with Crippen LogP contribution in [0.4, 0.5) is 22.7 Å². The van der Waals surface area contributed by atoms with E-state index >= 15 is 0 Å². The minimum absolute atomic E-state index is 0.101. The summed E-state index contributed by atoms with van der Waals surface area (Å²) in [4.78, 5) is 4.72. The third kappa shape index (κ3) is 7.10. The Hall–Kier alpha value is -7.16. The highest BCUT2D eigenvalue weighted by Gasteiger charge is 2.35. The Morgan fingerprint density at radius 2 is 0.698 bits per heavy atom. The van der Waals surface area contributed by atoms with Crippen LogP contribution in [0, 0.1) is 0 Å². The summed E-state index contributed by atoms with van der Waals surface area (Å²) >= 11 is 0. The average molecular weight is 813 g/mol. The van der Waals surface area contributed by atoms with Gasteiger partial charge in [-0.3, -0.25) is 0 Å². The molecule has 0 fully saturated rings. The van der Waals surface area contributed by atoms with Gasteiger partial charge in [0.05, 0.1) is 0 Å². The fraction of sp³-hybridized carbons (Fsp3) is 0.148. The zero-order chi connectivity index (χ0) is 42.7. The zero-order valence-corrected chi connectivity index (χ0v) is 36.7. The molecule has 2 heteroatoms. The summed E-state index contributed by atoms with van der Waals surface area (Å²) in [6, 6.07) is 63.4. The summed E-state index contributed by atoms with van der Waals surface area (Å²) in [5.74, 6) is 0. The maximum Gasteiger partial charge on any atom is 0.0447 e. The molecule has 2 nitrogen and oxygen atoms in total. The van der Waals surface area contributed by atoms with Crippen LogP contribution in [0.15, 0.2) is 170 Å². The highest BCUT2D eigenvalue weighted by atomic mass is 15.1. The van der Waals surface area contributed by atoms with Gasteiger partial charge in [-0.05, 0) is 139 Å². The lowest BCUT2D eigenvalue weighted by atomic mass is 9.81. The van der Waals surface area contributed by atoms with Crippen molar-refractivity contribution in [3.63, 3.8) is 0 Å². The van der Waals surface area contributed by atoms with Gasteiger partial charge in [0.2, 0.25) is 0 Å². The molecule has 0 aromatic heterocycles. The molecular weight excluding hydrogens is 761 g/mol. The third-order valence-corrected chi connectivity index (χ3v) is 14.1. The van der Waals surface area contributed by atoms with Gasteiger partial charge in [0.1, 0.15) is 0 Å². The summed E-state index contributed by atoms with van der Waals surface area (Å²) in [5.41, 5.74) is 26.0. The van der Waals surface area contributed by atoms with Crippen molar-refractivity contribution in [1.82, 2.24) is 0 Å². The molecule has 0 saturated carbocycles. The minimum Gasteiger partial charge on any atom is -0.344 e. The standard InChI is InChI=1S/C61H52N2/c1-61(2)55-37-43(15-13-41-17-23-45(24-18-41)51-33-31-49-29-27-47-9-5-7-11-57(47)62(3)59(49)39-51)21-35-53(55)54-36-22-44(38-56(54)61)16-14-42-19-25-46(26-20-42)52-34-32-50-30-28-48-10-6-8-12-58(48)63(4)60(50)40-52/h5-26,31-40H,27-30H2,1-4H3. The predicted molar refractivity (Wildman–Crippen MR) is 269 cm³/mol. The van der Waals surface area contributed by atoms with Crippen molar-refractivity contribution in [2.24, 2.45) is 0 Å². The smallest absolute Gasteiger partial charge is 0.0447 e. The van der Waals surface area contributed by atoms with Crippen molar-refractivity contribution in [1.29, 1.82) is 0 Å². The maximum atomic E-state index is 2.39. The zero-order valence-electron chi connectivity index (χ0n) is 36.7. The molecule has 306 valence electrons. The van der Waals surface area contributed by atoms with Gasteiger partial charge in [0.25, 0.3) is 0 Å². The van der Waals surface area contributed by atoms with Crippen molar-refractivity contribution < 1.29 is 0 Å². The van der Waals surface area contributed by atoms with E-state index < -0.39 is 0 Å². The number of anilines is 4. The fourth-order valence-electron chi connectivity index (χ4n) is 10.4. The lowest BCUT2D eigenvalue weighted by Crippen LogP contribution is -2.15. The van der Waals surface area contributed by atoms with E-state index in [1.165, 1.54) is 112 Å². The minimum atomic E-state index is -0.101. The molecule has 0 radical (unpaired) electrons. The summed E-state index contributed by atoms with van der Waals surface area (Å²) in [7, 11) is 4.40. The molecule has 0 saturated heterocycles. The van der Waals surface area contributed by atoms with E-state index in [0.29, 0.717) is 0 Å². The lowest BCUT2D eigenvalue weighted by Gasteiger charge is -2.22. The van der Waals surface area contributed by atoms with Crippen molar-refractivity contribution in [2.75, 3.05) is 23.9 Å². The SMILES string of the molecule is CN1c2ccccc2CCc2ccc(-c3ccc(C=Cc4ccc5c(c4)C(C)(C)c4cc(C=Cc6ccc(-c7ccc8c(c7)N(C)c7ccccc7CC8)cc6)ccc4-5)cc3)cc21. The monoisotopic (exact) mass is 812 g/mol. The van der Waals surface area contributed by atoms with E-state index in [2.05, 4.69) is 232 Å². The number of aryl methyl sites for hydroxylation is 4. The van der Waals surface area contributed by atoms with Crippen LogP contribution in [0.5, 0.6) is 0 Å². The van der Waals surface area contributed by atoms with E-state index in [9.17, 15) is 0 Å². The Morgan fingerprint density at radius 3 is 1.13 bits per heavy atom. The molecule has 0 amide bonds. The van der Waals surface area contributed by atoms with Gasteiger partial charge in [0, 0.05) is 42.3 Å². The molecule has 2 aliphatic heterocycles. The molecule has 0 atom stereocenters. The molecule has 3 aliphatic rings. The summed E-state index contributed by atoms with van der Waals surface area (Å²) in [6.45, 7) is 4.74. The van der Waals surface area contributed by atoms with Crippen LogP contribution in [0.3, 0.4) is 0 Å².